The van der Waals surface area contributed by atoms with Gasteiger partial charge in [-0.1, -0.05) is 51.0 Å². The van der Waals surface area contributed by atoms with Crippen LogP contribution in [0.1, 0.15) is 72.1 Å². The maximum Gasteiger partial charge on any atom is 0.271 e. The van der Waals surface area contributed by atoms with Gasteiger partial charge in [0, 0.05) is 17.5 Å². The Morgan fingerprint density at radius 2 is 1.62 bits per heavy atom. The van der Waals surface area contributed by atoms with Gasteiger partial charge in [-0.15, -0.1) is 11.3 Å². The summed E-state index contributed by atoms with van der Waals surface area (Å²) in [6.07, 6.45) is 3.99. The summed E-state index contributed by atoms with van der Waals surface area (Å²) in [5.74, 6) is 1.74. The minimum atomic E-state index is -0.218. The van der Waals surface area contributed by atoms with Crippen molar-refractivity contribution in [1.29, 1.82) is 0 Å². The molecule has 4 rings (SSSR count). The lowest BCUT2D eigenvalue weighted by Crippen LogP contribution is -2.53. The third kappa shape index (κ3) is 7.55. The van der Waals surface area contributed by atoms with Crippen molar-refractivity contribution in [2.24, 2.45) is 0 Å². The number of benzene rings is 2. The lowest BCUT2D eigenvalue weighted by atomic mass is 9.90. The van der Waals surface area contributed by atoms with Crippen molar-refractivity contribution < 1.29 is 19.1 Å². The molecule has 0 saturated heterocycles. The average molecular weight is 522 g/mol. The molecule has 1 aromatic heterocycles. The summed E-state index contributed by atoms with van der Waals surface area (Å²) >= 11 is 1.41. The van der Waals surface area contributed by atoms with Gasteiger partial charge in [-0.05, 0) is 54.2 Å². The van der Waals surface area contributed by atoms with Gasteiger partial charge in [-0.2, -0.15) is 0 Å². The molecule has 8 heteroatoms. The molecular formula is C29H35N3O4S. The number of carbonyl (C=O) groups is 2. The molecule has 0 aliphatic heterocycles. The molecule has 0 spiro atoms. The van der Waals surface area contributed by atoms with E-state index in [1.165, 1.54) is 16.9 Å². The van der Waals surface area contributed by atoms with E-state index in [-0.39, 0.29) is 30.3 Å². The fraction of sp³-hybridized carbons (Fsp3) is 0.414. The van der Waals surface area contributed by atoms with Crippen molar-refractivity contribution in [3.8, 4) is 11.5 Å². The van der Waals surface area contributed by atoms with Crippen molar-refractivity contribution in [2.75, 3.05) is 7.11 Å². The van der Waals surface area contributed by atoms with Gasteiger partial charge in [0.1, 0.15) is 28.8 Å². The molecule has 196 valence electrons. The second kappa shape index (κ2) is 12.7. The molecule has 1 fully saturated rings. The largest absolute Gasteiger partial charge is 0.497 e. The Labute approximate surface area is 222 Å². The molecule has 1 heterocycles. The first-order chi connectivity index (χ1) is 17.9. The first-order valence-corrected chi connectivity index (χ1v) is 13.7. The molecule has 3 aromatic rings. The van der Waals surface area contributed by atoms with Crippen LogP contribution in [0.2, 0.25) is 0 Å². The average Bonchev–Trinajstić information content (AvgIpc) is 3.38. The highest BCUT2D eigenvalue weighted by atomic mass is 32.1. The van der Waals surface area contributed by atoms with E-state index in [4.69, 9.17) is 9.47 Å². The smallest absolute Gasteiger partial charge is 0.271 e. The van der Waals surface area contributed by atoms with Gasteiger partial charge in [-0.3, -0.25) is 9.59 Å². The summed E-state index contributed by atoms with van der Waals surface area (Å²) in [4.78, 5) is 30.1. The summed E-state index contributed by atoms with van der Waals surface area (Å²) in [5.41, 5.74) is 2.56. The SMILES string of the molecule is COc1ccc(CC(=O)NC2CCCCC2NC(=O)c2csc(COc3ccc(C(C)C)cc3)n2)cc1. The van der Waals surface area contributed by atoms with E-state index in [1.807, 2.05) is 36.4 Å². The molecule has 1 saturated carbocycles. The molecular weight excluding hydrogens is 486 g/mol. The lowest BCUT2D eigenvalue weighted by molar-refractivity contribution is -0.121. The van der Waals surface area contributed by atoms with Crippen LogP contribution in [0.5, 0.6) is 11.5 Å². The Bertz CT molecular complexity index is 1170. The number of ether oxygens (including phenoxy) is 2. The molecule has 2 aromatic carbocycles. The van der Waals surface area contributed by atoms with Crippen molar-refractivity contribution in [2.45, 2.75) is 70.6 Å². The molecule has 37 heavy (non-hydrogen) atoms. The van der Waals surface area contributed by atoms with Crippen LogP contribution < -0.4 is 20.1 Å². The molecule has 7 nitrogen and oxygen atoms in total. The van der Waals surface area contributed by atoms with Crippen molar-refractivity contribution in [1.82, 2.24) is 15.6 Å². The topological polar surface area (TPSA) is 89.6 Å². The first kappa shape index (κ1) is 26.7. The highest BCUT2D eigenvalue weighted by Crippen LogP contribution is 2.22. The summed E-state index contributed by atoms with van der Waals surface area (Å²) in [6, 6.07) is 15.3. The van der Waals surface area contributed by atoms with Gasteiger partial charge in [0.2, 0.25) is 5.91 Å². The standard InChI is InChI=1S/C29H35N3O4S/c1-19(2)21-10-14-23(15-11-21)36-17-28-31-26(18-37-28)29(34)32-25-7-5-4-6-24(25)30-27(33)16-20-8-12-22(35-3)13-9-20/h8-15,18-19,24-25H,4-7,16-17H2,1-3H3,(H,30,33)(H,32,34). The van der Waals surface area contributed by atoms with Crippen LogP contribution in [0.4, 0.5) is 0 Å². The van der Waals surface area contributed by atoms with Crippen LogP contribution in [0, 0.1) is 0 Å². The fourth-order valence-corrected chi connectivity index (χ4v) is 5.17. The Morgan fingerprint density at radius 3 is 2.27 bits per heavy atom. The van der Waals surface area contributed by atoms with Gasteiger partial charge in [0.05, 0.1) is 13.5 Å². The summed E-state index contributed by atoms with van der Waals surface area (Å²) in [5, 5.41) is 8.74. The monoisotopic (exact) mass is 521 g/mol. The second-order valence-electron chi connectivity index (χ2n) is 9.70. The minimum Gasteiger partial charge on any atom is -0.497 e. The second-order valence-corrected chi connectivity index (χ2v) is 10.6. The molecule has 1 aliphatic rings. The van der Waals surface area contributed by atoms with Gasteiger partial charge < -0.3 is 20.1 Å². The number of nitrogens with zero attached hydrogens (tertiary/aromatic N) is 1. The van der Waals surface area contributed by atoms with Crippen LogP contribution in [-0.2, 0) is 17.8 Å². The van der Waals surface area contributed by atoms with E-state index < -0.39 is 0 Å². The van der Waals surface area contributed by atoms with Crippen molar-refractivity contribution in [3.63, 3.8) is 0 Å². The summed E-state index contributed by atoms with van der Waals surface area (Å²) in [7, 11) is 1.62. The Hall–Kier alpha value is -3.39. The molecule has 2 unspecified atom stereocenters. The zero-order valence-electron chi connectivity index (χ0n) is 21.7. The fourth-order valence-electron chi connectivity index (χ4n) is 4.48. The summed E-state index contributed by atoms with van der Waals surface area (Å²) < 4.78 is 11.0. The van der Waals surface area contributed by atoms with Crippen LogP contribution in [-0.4, -0.2) is 36.0 Å². The van der Waals surface area contributed by atoms with E-state index in [1.54, 1.807) is 12.5 Å². The van der Waals surface area contributed by atoms with Crippen LogP contribution in [0.15, 0.2) is 53.9 Å². The zero-order valence-corrected chi connectivity index (χ0v) is 22.5. The zero-order chi connectivity index (χ0) is 26.2. The molecule has 0 bridgehead atoms. The number of amides is 2. The van der Waals surface area contributed by atoms with E-state index in [0.717, 1.165) is 47.8 Å². The highest BCUT2D eigenvalue weighted by molar-refractivity contribution is 7.09. The van der Waals surface area contributed by atoms with Gasteiger partial charge in [0.25, 0.3) is 5.91 Å². The van der Waals surface area contributed by atoms with Crippen LogP contribution >= 0.6 is 11.3 Å². The predicted molar refractivity (Wildman–Crippen MR) is 145 cm³/mol. The third-order valence-electron chi connectivity index (χ3n) is 6.65. The Morgan fingerprint density at radius 1 is 0.973 bits per heavy atom. The number of thiazole rings is 1. The van der Waals surface area contributed by atoms with Crippen LogP contribution in [0.3, 0.4) is 0 Å². The molecule has 1 aliphatic carbocycles. The number of nitrogens with one attached hydrogen (secondary N) is 2. The predicted octanol–water partition coefficient (Wildman–Crippen LogP) is 5.25. The Kier molecular flexibility index (Phi) is 9.17. The number of hydrogen-bond donors (Lipinski definition) is 2. The molecule has 2 N–H and O–H groups in total. The normalized spacial score (nSPS) is 17.3. The number of aromatic nitrogens is 1. The van der Waals surface area contributed by atoms with E-state index in [2.05, 4.69) is 41.6 Å². The third-order valence-corrected chi connectivity index (χ3v) is 7.47. The van der Waals surface area contributed by atoms with Gasteiger partial charge in [-0.25, -0.2) is 4.98 Å². The highest BCUT2D eigenvalue weighted by Gasteiger charge is 2.28. The van der Waals surface area contributed by atoms with Gasteiger partial charge >= 0.3 is 0 Å². The molecule has 2 amide bonds. The van der Waals surface area contributed by atoms with Gasteiger partial charge in [0.15, 0.2) is 0 Å². The quantitative estimate of drug-likeness (QED) is 0.380. The molecule has 2 atom stereocenters. The van der Waals surface area contributed by atoms with Crippen molar-refractivity contribution in [3.05, 3.63) is 75.7 Å². The van der Waals surface area contributed by atoms with Crippen molar-refractivity contribution >= 4 is 23.2 Å². The molecule has 0 radical (unpaired) electrons. The maximum atomic E-state index is 13.0. The summed E-state index contributed by atoms with van der Waals surface area (Å²) in [6.45, 7) is 4.63. The van der Waals surface area contributed by atoms with E-state index in [9.17, 15) is 9.59 Å². The van der Waals surface area contributed by atoms with E-state index in [0.29, 0.717) is 18.2 Å². The van der Waals surface area contributed by atoms with Crippen LogP contribution in [0.25, 0.3) is 0 Å². The number of methoxy groups -OCH3 is 1. The number of rotatable bonds is 10. The lowest BCUT2D eigenvalue weighted by Gasteiger charge is -2.32. The number of carbonyl (C=O) groups excluding carboxylic acids is 2. The maximum absolute atomic E-state index is 13.0. The minimum absolute atomic E-state index is 0.0502. The number of hydrogen-bond acceptors (Lipinski definition) is 6. The van der Waals surface area contributed by atoms with E-state index >= 15 is 0 Å². The Balaban J connectivity index is 1.29. The first-order valence-electron chi connectivity index (χ1n) is 12.8.